The molecule has 1 aromatic carbocycles. The minimum Gasteiger partial charge on any atom is -0.496 e. The fraction of sp³-hybridized carbons (Fsp3) is 0.526. The van der Waals surface area contributed by atoms with Crippen molar-refractivity contribution < 1.29 is 9.47 Å². The lowest BCUT2D eigenvalue weighted by atomic mass is 10.0. The lowest BCUT2D eigenvalue weighted by molar-refractivity contribution is 0.0758. The van der Waals surface area contributed by atoms with Gasteiger partial charge in [-0.2, -0.15) is 0 Å². The van der Waals surface area contributed by atoms with Crippen LogP contribution in [-0.4, -0.2) is 43.2 Å². The molecule has 1 aromatic heterocycles. The van der Waals surface area contributed by atoms with Crippen LogP contribution in [0.2, 0.25) is 0 Å². The van der Waals surface area contributed by atoms with Crippen molar-refractivity contribution in [2.45, 2.75) is 32.5 Å². The number of nitrogens with one attached hydrogen (secondary N) is 1. The van der Waals surface area contributed by atoms with Gasteiger partial charge in [0.05, 0.1) is 18.8 Å². The maximum Gasteiger partial charge on any atom is 0.123 e. The molecule has 0 spiro atoms. The van der Waals surface area contributed by atoms with Crippen molar-refractivity contribution in [1.29, 1.82) is 0 Å². The van der Waals surface area contributed by atoms with Crippen LogP contribution in [0, 0.1) is 0 Å². The SMILES string of the molecule is CCOC(C)c1nc(CN2CCNCC2c2ccccc2OC)cs1. The van der Waals surface area contributed by atoms with Gasteiger partial charge in [0, 0.05) is 43.7 Å². The summed E-state index contributed by atoms with van der Waals surface area (Å²) in [5.41, 5.74) is 2.35. The second-order valence-electron chi connectivity index (χ2n) is 6.21. The summed E-state index contributed by atoms with van der Waals surface area (Å²) in [6.07, 6.45) is 0.0665. The Hall–Kier alpha value is -1.47. The van der Waals surface area contributed by atoms with Gasteiger partial charge in [-0.25, -0.2) is 4.98 Å². The average Bonchev–Trinajstić information content (AvgIpc) is 3.11. The largest absolute Gasteiger partial charge is 0.496 e. The number of methoxy groups -OCH3 is 1. The summed E-state index contributed by atoms with van der Waals surface area (Å²) in [4.78, 5) is 7.28. The molecule has 6 heteroatoms. The Morgan fingerprint density at radius 1 is 1.40 bits per heavy atom. The molecule has 0 amide bonds. The van der Waals surface area contributed by atoms with Crippen LogP contribution in [0.15, 0.2) is 29.6 Å². The van der Waals surface area contributed by atoms with Gasteiger partial charge in [-0.1, -0.05) is 18.2 Å². The quantitative estimate of drug-likeness (QED) is 0.819. The minimum absolute atomic E-state index is 0.0665. The summed E-state index contributed by atoms with van der Waals surface area (Å²) >= 11 is 1.69. The highest BCUT2D eigenvalue weighted by molar-refractivity contribution is 7.09. The van der Waals surface area contributed by atoms with Gasteiger partial charge in [-0.05, 0) is 19.9 Å². The highest BCUT2D eigenvalue weighted by Crippen LogP contribution is 2.31. The number of piperazine rings is 1. The molecule has 1 saturated heterocycles. The summed E-state index contributed by atoms with van der Waals surface area (Å²) in [6.45, 7) is 8.56. The predicted molar refractivity (Wildman–Crippen MR) is 101 cm³/mol. The van der Waals surface area contributed by atoms with Crippen molar-refractivity contribution in [3.05, 3.63) is 45.9 Å². The fourth-order valence-electron chi connectivity index (χ4n) is 3.30. The molecular formula is C19H27N3O2S. The number of nitrogens with zero attached hydrogens (tertiary/aromatic N) is 2. The molecule has 2 atom stereocenters. The normalized spacial score (nSPS) is 19.7. The number of para-hydroxylation sites is 1. The van der Waals surface area contributed by atoms with E-state index < -0.39 is 0 Å². The molecule has 0 radical (unpaired) electrons. The van der Waals surface area contributed by atoms with E-state index in [9.17, 15) is 0 Å². The predicted octanol–water partition coefficient (Wildman–Crippen LogP) is 3.40. The third kappa shape index (κ3) is 4.39. The minimum atomic E-state index is 0.0665. The Balaban J connectivity index is 1.76. The monoisotopic (exact) mass is 361 g/mol. The maximum atomic E-state index is 5.66. The molecule has 1 aliphatic heterocycles. The number of rotatable bonds is 7. The number of aromatic nitrogens is 1. The number of benzene rings is 1. The summed E-state index contributed by atoms with van der Waals surface area (Å²) in [5.74, 6) is 0.949. The molecule has 1 aliphatic rings. The molecule has 0 aliphatic carbocycles. The van der Waals surface area contributed by atoms with E-state index in [1.165, 1.54) is 5.56 Å². The molecule has 2 aromatic rings. The molecule has 0 bridgehead atoms. The average molecular weight is 362 g/mol. The van der Waals surface area contributed by atoms with E-state index in [0.717, 1.165) is 42.6 Å². The first-order chi connectivity index (χ1) is 12.2. The number of thiazole rings is 1. The number of hydrogen-bond donors (Lipinski definition) is 1. The van der Waals surface area contributed by atoms with Gasteiger partial charge in [0.1, 0.15) is 16.9 Å². The Bertz CT molecular complexity index is 676. The van der Waals surface area contributed by atoms with Gasteiger partial charge in [-0.3, -0.25) is 4.90 Å². The first kappa shape index (κ1) is 18.3. The van der Waals surface area contributed by atoms with Crippen LogP contribution in [0.1, 0.15) is 42.3 Å². The third-order valence-corrected chi connectivity index (χ3v) is 5.61. The summed E-state index contributed by atoms with van der Waals surface area (Å²) in [6, 6.07) is 8.58. The van der Waals surface area contributed by atoms with Crippen molar-refractivity contribution in [3.63, 3.8) is 0 Å². The topological polar surface area (TPSA) is 46.6 Å². The highest BCUT2D eigenvalue weighted by atomic mass is 32.1. The van der Waals surface area contributed by atoms with Crippen LogP contribution < -0.4 is 10.1 Å². The third-order valence-electron chi connectivity index (χ3n) is 4.55. The van der Waals surface area contributed by atoms with Crippen LogP contribution in [0.3, 0.4) is 0 Å². The zero-order chi connectivity index (χ0) is 17.6. The van der Waals surface area contributed by atoms with Crippen LogP contribution in [0.4, 0.5) is 0 Å². The van der Waals surface area contributed by atoms with Crippen LogP contribution in [-0.2, 0) is 11.3 Å². The first-order valence-electron chi connectivity index (χ1n) is 8.86. The fourth-order valence-corrected chi connectivity index (χ4v) is 4.11. The van der Waals surface area contributed by atoms with Gasteiger partial charge in [0.25, 0.3) is 0 Å². The molecule has 5 nitrogen and oxygen atoms in total. The smallest absolute Gasteiger partial charge is 0.123 e. The van der Waals surface area contributed by atoms with Crippen LogP contribution in [0.5, 0.6) is 5.75 Å². The van der Waals surface area contributed by atoms with Gasteiger partial charge in [0.2, 0.25) is 0 Å². The zero-order valence-corrected chi connectivity index (χ0v) is 16.0. The number of ether oxygens (including phenoxy) is 2. The first-order valence-corrected chi connectivity index (χ1v) is 9.74. The standard InChI is InChI=1S/C19H27N3O2S/c1-4-24-14(2)19-21-15(13-25-19)12-22-10-9-20-11-17(22)16-7-5-6-8-18(16)23-3/h5-8,13-14,17,20H,4,9-12H2,1-3H3. The van der Waals surface area contributed by atoms with E-state index >= 15 is 0 Å². The lowest BCUT2D eigenvalue weighted by Crippen LogP contribution is -2.45. The van der Waals surface area contributed by atoms with Crippen LogP contribution in [0.25, 0.3) is 0 Å². The van der Waals surface area contributed by atoms with E-state index in [2.05, 4.69) is 34.7 Å². The van der Waals surface area contributed by atoms with E-state index in [0.29, 0.717) is 12.6 Å². The Morgan fingerprint density at radius 3 is 3.04 bits per heavy atom. The molecule has 0 saturated carbocycles. The zero-order valence-electron chi connectivity index (χ0n) is 15.2. The molecule has 1 N–H and O–H groups in total. The van der Waals surface area contributed by atoms with Gasteiger partial charge >= 0.3 is 0 Å². The molecule has 25 heavy (non-hydrogen) atoms. The van der Waals surface area contributed by atoms with E-state index in [1.54, 1.807) is 18.4 Å². The molecule has 136 valence electrons. The highest BCUT2D eigenvalue weighted by Gasteiger charge is 2.27. The lowest BCUT2D eigenvalue weighted by Gasteiger charge is -2.36. The van der Waals surface area contributed by atoms with Gasteiger partial charge in [0.15, 0.2) is 0 Å². The van der Waals surface area contributed by atoms with Crippen molar-refractivity contribution >= 4 is 11.3 Å². The van der Waals surface area contributed by atoms with Crippen molar-refractivity contribution in [2.75, 3.05) is 33.4 Å². The number of hydrogen-bond acceptors (Lipinski definition) is 6. The van der Waals surface area contributed by atoms with Crippen LogP contribution >= 0.6 is 11.3 Å². The van der Waals surface area contributed by atoms with E-state index in [-0.39, 0.29) is 6.10 Å². The van der Waals surface area contributed by atoms with E-state index in [4.69, 9.17) is 14.5 Å². The molecule has 2 heterocycles. The summed E-state index contributed by atoms with van der Waals surface area (Å²) < 4.78 is 11.2. The van der Waals surface area contributed by atoms with Crippen molar-refractivity contribution in [1.82, 2.24) is 15.2 Å². The second-order valence-corrected chi connectivity index (χ2v) is 7.10. The van der Waals surface area contributed by atoms with E-state index in [1.807, 2.05) is 19.1 Å². The van der Waals surface area contributed by atoms with Crippen molar-refractivity contribution in [3.8, 4) is 5.75 Å². The van der Waals surface area contributed by atoms with Gasteiger partial charge in [-0.15, -0.1) is 11.3 Å². The van der Waals surface area contributed by atoms with Crippen molar-refractivity contribution in [2.24, 2.45) is 0 Å². The second kappa shape index (κ2) is 8.76. The Kier molecular flexibility index (Phi) is 6.42. The summed E-state index contributed by atoms with van der Waals surface area (Å²) in [5, 5.41) is 6.72. The maximum absolute atomic E-state index is 5.66. The summed E-state index contributed by atoms with van der Waals surface area (Å²) in [7, 11) is 1.74. The molecule has 3 rings (SSSR count). The van der Waals surface area contributed by atoms with Gasteiger partial charge < -0.3 is 14.8 Å². The molecular weight excluding hydrogens is 334 g/mol. The Labute approximate surface area is 154 Å². The molecule has 1 fully saturated rings. The Morgan fingerprint density at radius 2 is 2.24 bits per heavy atom. The molecule has 2 unspecified atom stereocenters.